The highest BCUT2D eigenvalue weighted by atomic mass is 32.2. The van der Waals surface area contributed by atoms with E-state index >= 15 is 0 Å². The van der Waals surface area contributed by atoms with Gasteiger partial charge in [-0.05, 0) is 72.5 Å². The highest BCUT2D eigenvalue weighted by Crippen LogP contribution is 2.18. The van der Waals surface area contributed by atoms with Crippen LogP contribution in [0.5, 0.6) is 0 Å². The molecule has 9 heteroatoms. The number of thioether (sulfide) groups is 1. The lowest BCUT2D eigenvalue weighted by Crippen LogP contribution is -2.23. The first-order valence-corrected chi connectivity index (χ1v) is 12.4. The minimum Gasteiger partial charge on any atom is -0.326 e. The average Bonchev–Trinajstić information content (AvgIpc) is 2.78. The summed E-state index contributed by atoms with van der Waals surface area (Å²) in [5.41, 5.74) is 2.41. The molecular weight excluding hydrogens is 446 g/mol. The van der Waals surface area contributed by atoms with Gasteiger partial charge in [-0.1, -0.05) is 12.1 Å². The second-order valence-electron chi connectivity index (χ2n) is 6.91. The highest BCUT2D eigenvalue weighted by molar-refractivity contribution is 7.98. The van der Waals surface area contributed by atoms with Gasteiger partial charge in [-0.2, -0.15) is 0 Å². The zero-order valence-electron chi connectivity index (χ0n) is 17.6. The van der Waals surface area contributed by atoms with E-state index in [-0.39, 0.29) is 23.3 Å². The van der Waals surface area contributed by atoms with E-state index in [1.165, 1.54) is 31.2 Å². The SMILES string of the molecule is CSc1ccc(NC(=O)c2ccc(CNS(=O)(=O)c3ccc(NC(C)=O)cc3)cc2)cc1. The Balaban J connectivity index is 1.58. The van der Waals surface area contributed by atoms with Crippen molar-refractivity contribution < 1.29 is 18.0 Å². The van der Waals surface area contributed by atoms with E-state index < -0.39 is 10.0 Å². The molecule has 3 N–H and O–H groups in total. The maximum atomic E-state index is 12.5. The molecule has 166 valence electrons. The molecule has 0 saturated heterocycles. The molecule has 0 fully saturated rings. The molecule has 0 aromatic heterocycles. The molecule has 0 radical (unpaired) electrons. The van der Waals surface area contributed by atoms with Gasteiger partial charge >= 0.3 is 0 Å². The lowest BCUT2D eigenvalue weighted by Gasteiger charge is -2.09. The Hall–Kier alpha value is -3.14. The Bertz CT molecular complexity index is 1190. The zero-order valence-corrected chi connectivity index (χ0v) is 19.2. The van der Waals surface area contributed by atoms with Gasteiger partial charge in [0, 0.05) is 35.3 Å². The molecule has 0 heterocycles. The van der Waals surface area contributed by atoms with Crippen LogP contribution in [0, 0.1) is 0 Å². The van der Waals surface area contributed by atoms with Gasteiger partial charge in [-0.15, -0.1) is 11.8 Å². The van der Waals surface area contributed by atoms with Gasteiger partial charge in [0.15, 0.2) is 0 Å². The highest BCUT2D eigenvalue weighted by Gasteiger charge is 2.14. The molecule has 0 atom stereocenters. The summed E-state index contributed by atoms with van der Waals surface area (Å²) in [6, 6.07) is 20.2. The molecule has 0 bridgehead atoms. The fraction of sp³-hybridized carbons (Fsp3) is 0.130. The third-order valence-electron chi connectivity index (χ3n) is 4.52. The fourth-order valence-corrected chi connectivity index (χ4v) is 4.26. The number of sulfonamides is 1. The topological polar surface area (TPSA) is 104 Å². The maximum Gasteiger partial charge on any atom is 0.255 e. The summed E-state index contributed by atoms with van der Waals surface area (Å²) >= 11 is 1.63. The number of benzene rings is 3. The Morgan fingerprint density at radius 3 is 1.94 bits per heavy atom. The van der Waals surface area contributed by atoms with Gasteiger partial charge in [0.1, 0.15) is 0 Å². The Morgan fingerprint density at radius 1 is 0.812 bits per heavy atom. The van der Waals surface area contributed by atoms with Crippen molar-refractivity contribution in [2.75, 3.05) is 16.9 Å². The molecule has 3 aromatic rings. The average molecular weight is 470 g/mol. The Morgan fingerprint density at radius 2 is 1.38 bits per heavy atom. The minimum absolute atomic E-state index is 0.0772. The number of carbonyl (C=O) groups excluding carboxylic acids is 2. The van der Waals surface area contributed by atoms with Crippen molar-refractivity contribution in [2.45, 2.75) is 23.3 Å². The molecule has 0 unspecified atom stereocenters. The molecular formula is C23H23N3O4S2. The van der Waals surface area contributed by atoms with Crippen molar-refractivity contribution in [3.63, 3.8) is 0 Å². The number of amides is 2. The van der Waals surface area contributed by atoms with E-state index in [0.29, 0.717) is 22.5 Å². The molecule has 0 aliphatic heterocycles. The molecule has 32 heavy (non-hydrogen) atoms. The van der Waals surface area contributed by atoms with Crippen molar-refractivity contribution in [2.24, 2.45) is 0 Å². The molecule has 0 saturated carbocycles. The van der Waals surface area contributed by atoms with Gasteiger partial charge in [0.2, 0.25) is 15.9 Å². The van der Waals surface area contributed by atoms with Crippen LogP contribution in [0.15, 0.2) is 82.6 Å². The quantitative estimate of drug-likeness (QED) is 0.431. The number of carbonyl (C=O) groups is 2. The van der Waals surface area contributed by atoms with Crippen LogP contribution in [0.1, 0.15) is 22.8 Å². The summed E-state index contributed by atoms with van der Waals surface area (Å²) in [5, 5.41) is 5.43. The number of hydrogen-bond donors (Lipinski definition) is 3. The van der Waals surface area contributed by atoms with Crippen molar-refractivity contribution in [1.29, 1.82) is 0 Å². The van der Waals surface area contributed by atoms with E-state index in [1.807, 2.05) is 30.5 Å². The third kappa shape index (κ3) is 6.43. The van der Waals surface area contributed by atoms with Crippen LogP contribution in [0.3, 0.4) is 0 Å². The van der Waals surface area contributed by atoms with Crippen molar-refractivity contribution in [1.82, 2.24) is 4.72 Å². The summed E-state index contributed by atoms with van der Waals surface area (Å²) in [7, 11) is -3.72. The first-order valence-electron chi connectivity index (χ1n) is 9.68. The summed E-state index contributed by atoms with van der Waals surface area (Å²) in [6.45, 7) is 1.46. The Kier molecular flexibility index (Phi) is 7.68. The van der Waals surface area contributed by atoms with E-state index in [2.05, 4.69) is 15.4 Å². The van der Waals surface area contributed by atoms with Crippen molar-refractivity contribution in [3.05, 3.63) is 83.9 Å². The zero-order chi connectivity index (χ0) is 23.1. The van der Waals surface area contributed by atoms with Crippen molar-refractivity contribution >= 4 is 45.0 Å². The minimum atomic E-state index is -3.72. The number of anilines is 2. The van der Waals surface area contributed by atoms with Crippen molar-refractivity contribution in [3.8, 4) is 0 Å². The smallest absolute Gasteiger partial charge is 0.255 e. The number of hydrogen-bond acceptors (Lipinski definition) is 5. The van der Waals surface area contributed by atoms with Crippen LogP contribution in [0.25, 0.3) is 0 Å². The molecule has 2 amide bonds. The van der Waals surface area contributed by atoms with Gasteiger partial charge in [-0.25, -0.2) is 13.1 Å². The van der Waals surface area contributed by atoms with Crippen LogP contribution in [0.4, 0.5) is 11.4 Å². The molecule has 7 nitrogen and oxygen atoms in total. The molecule has 0 spiro atoms. The molecule has 0 aliphatic carbocycles. The molecule has 0 aliphatic rings. The van der Waals surface area contributed by atoms with Gasteiger partial charge in [0.05, 0.1) is 4.90 Å². The predicted octanol–water partition coefficient (Wildman–Crippen LogP) is 4.10. The summed E-state index contributed by atoms with van der Waals surface area (Å²) in [6.07, 6.45) is 1.99. The molecule has 3 rings (SSSR count). The first-order chi connectivity index (χ1) is 15.3. The lowest BCUT2D eigenvalue weighted by molar-refractivity contribution is -0.114. The summed E-state index contributed by atoms with van der Waals surface area (Å²) in [5.74, 6) is -0.474. The number of nitrogens with one attached hydrogen (secondary N) is 3. The predicted molar refractivity (Wildman–Crippen MR) is 127 cm³/mol. The first kappa shape index (κ1) is 23.5. The van der Waals surface area contributed by atoms with E-state index in [0.717, 1.165) is 4.90 Å². The Labute approximate surface area is 191 Å². The third-order valence-corrected chi connectivity index (χ3v) is 6.68. The van der Waals surface area contributed by atoms with Gasteiger partial charge < -0.3 is 10.6 Å². The second-order valence-corrected chi connectivity index (χ2v) is 9.56. The standard InChI is InChI=1S/C23H23N3O4S2/c1-16(27)25-19-9-13-22(14-10-19)32(29,30)24-15-17-3-5-18(6-4-17)23(28)26-20-7-11-21(31-2)12-8-20/h3-14,24H,15H2,1-2H3,(H,25,27)(H,26,28). The van der Waals surface area contributed by atoms with Crippen LogP contribution in [0.2, 0.25) is 0 Å². The second kappa shape index (κ2) is 10.4. The largest absolute Gasteiger partial charge is 0.326 e. The monoisotopic (exact) mass is 469 g/mol. The number of rotatable bonds is 8. The van der Waals surface area contributed by atoms with Crippen LogP contribution in [-0.2, 0) is 21.4 Å². The maximum absolute atomic E-state index is 12.5. The van der Waals surface area contributed by atoms with E-state index in [9.17, 15) is 18.0 Å². The molecule has 3 aromatic carbocycles. The summed E-state index contributed by atoms with van der Waals surface area (Å²) < 4.78 is 27.5. The van der Waals surface area contributed by atoms with Crippen LogP contribution >= 0.6 is 11.8 Å². The van der Waals surface area contributed by atoms with E-state index in [4.69, 9.17) is 0 Å². The lowest BCUT2D eigenvalue weighted by atomic mass is 10.1. The fourth-order valence-electron chi connectivity index (χ4n) is 2.83. The van der Waals surface area contributed by atoms with E-state index in [1.54, 1.807) is 36.0 Å². The summed E-state index contributed by atoms with van der Waals surface area (Å²) in [4.78, 5) is 24.7. The van der Waals surface area contributed by atoms with Gasteiger partial charge in [-0.3, -0.25) is 9.59 Å². The van der Waals surface area contributed by atoms with Crippen LogP contribution < -0.4 is 15.4 Å². The van der Waals surface area contributed by atoms with Crippen LogP contribution in [-0.4, -0.2) is 26.5 Å². The van der Waals surface area contributed by atoms with Gasteiger partial charge in [0.25, 0.3) is 5.91 Å². The normalized spacial score (nSPS) is 11.1.